The average molecular weight is 290 g/mol. The van der Waals surface area contributed by atoms with Crippen LogP contribution in [0, 0.1) is 11.7 Å². The van der Waals surface area contributed by atoms with Gasteiger partial charge in [-0.05, 0) is 55.7 Å². The Morgan fingerprint density at radius 2 is 1.81 bits per heavy atom. The van der Waals surface area contributed by atoms with E-state index in [0.29, 0.717) is 18.0 Å². The van der Waals surface area contributed by atoms with Crippen molar-refractivity contribution in [2.45, 2.75) is 56.5 Å². The van der Waals surface area contributed by atoms with Crippen molar-refractivity contribution in [3.05, 3.63) is 35.6 Å². The van der Waals surface area contributed by atoms with Crippen LogP contribution < -0.4 is 11.1 Å². The molecule has 2 aliphatic rings. The van der Waals surface area contributed by atoms with Crippen LogP contribution in [-0.4, -0.2) is 18.0 Å². The average Bonchev–Trinajstić information content (AvgIpc) is 2.44. The number of carbonyl (C=O) groups is 1. The van der Waals surface area contributed by atoms with Crippen molar-refractivity contribution >= 4 is 5.91 Å². The molecule has 1 aromatic carbocycles. The standard InChI is InChI=1S/C17H23FN2O/c18-14-6-4-11(5-7-14)13-9-16(10-13)20-15-3-1-2-12(8-15)17(19)21/h4-7,12-13,15-16,20H,1-3,8-10H2,(H2,19,21)/t12-,13?,15-,16?/m0/s1. The van der Waals surface area contributed by atoms with Crippen LogP contribution in [0.3, 0.4) is 0 Å². The van der Waals surface area contributed by atoms with Crippen molar-refractivity contribution in [1.82, 2.24) is 5.32 Å². The van der Waals surface area contributed by atoms with Crippen LogP contribution >= 0.6 is 0 Å². The van der Waals surface area contributed by atoms with E-state index >= 15 is 0 Å². The number of primary amides is 1. The number of rotatable bonds is 4. The van der Waals surface area contributed by atoms with Crippen LogP contribution in [0.15, 0.2) is 24.3 Å². The first-order valence-corrected chi connectivity index (χ1v) is 7.92. The Kier molecular flexibility index (Phi) is 4.24. The second kappa shape index (κ2) is 6.14. The molecule has 0 saturated heterocycles. The van der Waals surface area contributed by atoms with Gasteiger partial charge in [-0.15, -0.1) is 0 Å². The van der Waals surface area contributed by atoms with Gasteiger partial charge in [-0.25, -0.2) is 4.39 Å². The molecule has 3 nitrogen and oxygen atoms in total. The van der Waals surface area contributed by atoms with Crippen molar-refractivity contribution in [2.75, 3.05) is 0 Å². The lowest BCUT2D eigenvalue weighted by atomic mass is 9.75. The molecule has 1 aromatic rings. The van der Waals surface area contributed by atoms with Gasteiger partial charge in [0.2, 0.25) is 5.91 Å². The van der Waals surface area contributed by atoms with E-state index in [1.165, 1.54) is 17.7 Å². The van der Waals surface area contributed by atoms with Gasteiger partial charge in [-0.2, -0.15) is 0 Å². The van der Waals surface area contributed by atoms with Crippen molar-refractivity contribution < 1.29 is 9.18 Å². The van der Waals surface area contributed by atoms with E-state index in [4.69, 9.17) is 5.73 Å². The predicted octanol–water partition coefficient (Wildman–Crippen LogP) is 2.71. The molecule has 3 N–H and O–H groups in total. The highest BCUT2D eigenvalue weighted by molar-refractivity contribution is 5.76. The Balaban J connectivity index is 1.46. The molecule has 1 amide bonds. The van der Waals surface area contributed by atoms with Crippen LogP contribution in [0.25, 0.3) is 0 Å². The van der Waals surface area contributed by atoms with Crippen molar-refractivity contribution in [1.29, 1.82) is 0 Å². The molecule has 0 aliphatic heterocycles. The molecule has 0 radical (unpaired) electrons. The molecule has 0 heterocycles. The minimum Gasteiger partial charge on any atom is -0.369 e. The second-order valence-corrected chi connectivity index (χ2v) is 6.55. The summed E-state index contributed by atoms with van der Waals surface area (Å²) in [6.45, 7) is 0. The van der Waals surface area contributed by atoms with Crippen LogP contribution in [-0.2, 0) is 4.79 Å². The van der Waals surface area contributed by atoms with E-state index in [0.717, 1.165) is 38.5 Å². The van der Waals surface area contributed by atoms with Gasteiger partial charge in [0.25, 0.3) is 0 Å². The van der Waals surface area contributed by atoms with Gasteiger partial charge in [0.1, 0.15) is 5.82 Å². The zero-order chi connectivity index (χ0) is 14.8. The normalized spacial score (nSPS) is 32.4. The van der Waals surface area contributed by atoms with Gasteiger partial charge < -0.3 is 11.1 Å². The monoisotopic (exact) mass is 290 g/mol. The number of amides is 1. The number of nitrogens with one attached hydrogen (secondary N) is 1. The number of halogens is 1. The summed E-state index contributed by atoms with van der Waals surface area (Å²) in [5.74, 6) is 0.259. The summed E-state index contributed by atoms with van der Waals surface area (Å²) in [4.78, 5) is 11.3. The van der Waals surface area contributed by atoms with E-state index < -0.39 is 0 Å². The Morgan fingerprint density at radius 3 is 2.48 bits per heavy atom. The summed E-state index contributed by atoms with van der Waals surface area (Å²) in [6, 6.07) is 7.80. The molecule has 2 fully saturated rings. The number of benzene rings is 1. The Morgan fingerprint density at radius 1 is 1.10 bits per heavy atom. The molecule has 0 unspecified atom stereocenters. The molecular formula is C17H23FN2O. The summed E-state index contributed by atoms with van der Waals surface area (Å²) in [7, 11) is 0. The van der Waals surface area contributed by atoms with Crippen LogP contribution in [0.4, 0.5) is 4.39 Å². The van der Waals surface area contributed by atoms with E-state index in [2.05, 4.69) is 5.32 Å². The van der Waals surface area contributed by atoms with Gasteiger partial charge >= 0.3 is 0 Å². The van der Waals surface area contributed by atoms with E-state index in [1.54, 1.807) is 0 Å². The third-order valence-electron chi connectivity index (χ3n) is 5.03. The molecule has 3 rings (SSSR count). The van der Waals surface area contributed by atoms with Gasteiger partial charge in [0, 0.05) is 18.0 Å². The Hall–Kier alpha value is -1.42. The fourth-order valence-corrected chi connectivity index (χ4v) is 3.69. The fourth-order valence-electron chi connectivity index (χ4n) is 3.69. The van der Waals surface area contributed by atoms with Crippen molar-refractivity contribution in [3.63, 3.8) is 0 Å². The zero-order valence-corrected chi connectivity index (χ0v) is 12.2. The highest BCUT2D eigenvalue weighted by atomic mass is 19.1. The molecular weight excluding hydrogens is 267 g/mol. The largest absolute Gasteiger partial charge is 0.369 e. The minimum absolute atomic E-state index is 0.0456. The molecule has 21 heavy (non-hydrogen) atoms. The van der Waals surface area contributed by atoms with Gasteiger partial charge in [-0.3, -0.25) is 4.79 Å². The molecule has 4 heteroatoms. The molecule has 0 spiro atoms. The molecule has 2 atom stereocenters. The summed E-state index contributed by atoms with van der Waals surface area (Å²) in [5.41, 5.74) is 6.65. The zero-order valence-electron chi connectivity index (χ0n) is 12.2. The number of hydrogen-bond acceptors (Lipinski definition) is 2. The molecule has 114 valence electrons. The lowest BCUT2D eigenvalue weighted by molar-refractivity contribution is -0.123. The van der Waals surface area contributed by atoms with Crippen molar-refractivity contribution in [3.8, 4) is 0 Å². The maximum Gasteiger partial charge on any atom is 0.220 e. The quantitative estimate of drug-likeness (QED) is 0.896. The molecule has 0 aromatic heterocycles. The first kappa shape index (κ1) is 14.5. The summed E-state index contributed by atoms with van der Waals surface area (Å²) < 4.78 is 12.9. The third kappa shape index (κ3) is 3.43. The van der Waals surface area contributed by atoms with Crippen LogP contribution in [0.1, 0.15) is 50.0 Å². The van der Waals surface area contributed by atoms with Gasteiger partial charge in [0.15, 0.2) is 0 Å². The van der Waals surface area contributed by atoms with Crippen molar-refractivity contribution in [2.24, 2.45) is 11.7 Å². The smallest absolute Gasteiger partial charge is 0.220 e. The second-order valence-electron chi connectivity index (χ2n) is 6.55. The lowest BCUT2D eigenvalue weighted by Gasteiger charge is -2.40. The highest BCUT2D eigenvalue weighted by Crippen LogP contribution is 2.38. The van der Waals surface area contributed by atoms with E-state index in [1.807, 2.05) is 12.1 Å². The third-order valence-corrected chi connectivity index (χ3v) is 5.03. The summed E-state index contributed by atoms with van der Waals surface area (Å²) in [5, 5.41) is 3.67. The lowest BCUT2D eigenvalue weighted by Crippen LogP contribution is -2.48. The van der Waals surface area contributed by atoms with E-state index in [-0.39, 0.29) is 17.6 Å². The van der Waals surface area contributed by atoms with E-state index in [9.17, 15) is 9.18 Å². The first-order chi connectivity index (χ1) is 10.1. The molecule has 2 aliphatic carbocycles. The van der Waals surface area contributed by atoms with Crippen LogP contribution in [0.2, 0.25) is 0 Å². The number of hydrogen-bond donors (Lipinski definition) is 2. The first-order valence-electron chi connectivity index (χ1n) is 7.92. The van der Waals surface area contributed by atoms with Gasteiger partial charge in [-0.1, -0.05) is 18.6 Å². The summed E-state index contributed by atoms with van der Waals surface area (Å²) >= 11 is 0. The number of carbonyl (C=O) groups excluding carboxylic acids is 1. The predicted molar refractivity (Wildman–Crippen MR) is 80.2 cm³/mol. The maximum atomic E-state index is 12.9. The van der Waals surface area contributed by atoms with Crippen LogP contribution in [0.5, 0.6) is 0 Å². The summed E-state index contributed by atoms with van der Waals surface area (Å²) in [6.07, 6.45) is 6.25. The Bertz CT molecular complexity index is 496. The molecule has 2 saturated carbocycles. The fraction of sp³-hybridized carbons (Fsp3) is 0.588. The SMILES string of the molecule is NC(=O)[C@H]1CCC[C@H](NC2CC(c3ccc(F)cc3)C2)C1. The Labute approximate surface area is 125 Å². The minimum atomic E-state index is -0.174. The topological polar surface area (TPSA) is 55.1 Å². The maximum absolute atomic E-state index is 12.9. The highest BCUT2D eigenvalue weighted by Gasteiger charge is 2.33. The molecule has 0 bridgehead atoms. The van der Waals surface area contributed by atoms with Gasteiger partial charge in [0.05, 0.1) is 0 Å². The number of nitrogens with two attached hydrogens (primary N) is 1.